The standard InChI is InChI=1S/C21H19N3O3S/c1-2-19(25)22-16-5-3-4-15(11-16)20(26)24-21-23-17(12-28-21)13-6-7-18-14(10-13)8-9-27-18/h3-7,10-12H,2,8-9H2,1H3,(H,22,25)(H,23,24,26). The molecule has 0 fully saturated rings. The number of hydrogen-bond donors (Lipinski definition) is 2. The van der Waals surface area contributed by atoms with Crippen LogP contribution in [0.25, 0.3) is 11.3 Å². The fraction of sp³-hybridized carbons (Fsp3) is 0.190. The predicted molar refractivity (Wildman–Crippen MR) is 110 cm³/mol. The van der Waals surface area contributed by atoms with Crippen molar-refractivity contribution in [2.75, 3.05) is 17.2 Å². The van der Waals surface area contributed by atoms with Gasteiger partial charge in [0.2, 0.25) is 5.91 Å². The minimum Gasteiger partial charge on any atom is -0.493 e. The number of nitrogens with one attached hydrogen (secondary N) is 2. The van der Waals surface area contributed by atoms with Crippen LogP contribution in [0.5, 0.6) is 5.75 Å². The van der Waals surface area contributed by atoms with Gasteiger partial charge in [-0.2, -0.15) is 0 Å². The van der Waals surface area contributed by atoms with E-state index in [1.807, 2.05) is 17.5 Å². The van der Waals surface area contributed by atoms with Crippen molar-refractivity contribution in [3.63, 3.8) is 0 Å². The van der Waals surface area contributed by atoms with E-state index in [9.17, 15) is 9.59 Å². The lowest BCUT2D eigenvalue weighted by Crippen LogP contribution is -2.13. The van der Waals surface area contributed by atoms with Crippen molar-refractivity contribution < 1.29 is 14.3 Å². The highest BCUT2D eigenvalue weighted by atomic mass is 32.1. The summed E-state index contributed by atoms with van der Waals surface area (Å²) in [5.74, 6) is 0.570. The molecule has 7 heteroatoms. The number of ether oxygens (including phenoxy) is 1. The van der Waals surface area contributed by atoms with Crippen LogP contribution in [-0.4, -0.2) is 23.4 Å². The number of nitrogens with zero attached hydrogens (tertiary/aromatic N) is 1. The van der Waals surface area contributed by atoms with Gasteiger partial charge in [-0.05, 0) is 42.0 Å². The van der Waals surface area contributed by atoms with Crippen molar-refractivity contribution in [3.8, 4) is 17.0 Å². The lowest BCUT2D eigenvalue weighted by molar-refractivity contribution is -0.115. The summed E-state index contributed by atoms with van der Waals surface area (Å²) in [5, 5.41) is 8.03. The maximum Gasteiger partial charge on any atom is 0.257 e. The van der Waals surface area contributed by atoms with Gasteiger partial charge in [0, 0.05) is 35.0 Å². The summed E-state index contributed by atoms with van der Waals surface area (Å²) in [5.41, 5.74) is 4.06. The molecule has 0 atom stereocenters. The first-order valence-electron chi connectivity index (χ1n) is 9.05. The molecule has 6 nitrogen and oxygen atoms in total. The molecular weight excluding hydrogens is 374 g/mol. The van der Waals surface area contributed by atoms with Crippen molar-refractivity contribution in [1.82, 2.24) is 4.98 Å². The molecule has 2 heterocycles. The summed E-state index contributed by atoms with van der Waals surface area (Å²) in [7, 11) is 0. The Balaban J connectivity index is 1.47. The zero-order valence-corrected chi connectivity index (χ0v) is 16.1. The molecule has 1 aliphatic heterocycles. The summed E-state index contributed by atoms with van der Waals surface area (Å²) in [6.45, 7) is 2.49. The number of fused-ring (bicyclic) bond motifs is 1. The highest BCUT2D eigenvalue weighted by Crippen LogP contribution is 2.32. The molecule has 0 bridgehead atoms. The Morgan fingerprint density at radius 1 is 1.18 bits per heavy atom. The molecule has 0 spiro atoms. The van der Waals surface area contributed by atoms with Gasteiger partial charge in [-0.1, -0.05) is 13.0 Å². The van der Waals surface area contributed by atoms with Crippen LogP contribution in [0.1, 0.15) is 29.3 Å². The molecule has 0 aliphatic carbocycles. The molecule has 28 heavy (non-hydrogen) atoms. The second-order valence-electron chi connectivity index (χ2n) is 6.40. The first-order chi connectivity index (χ1) is 13.6. The Kier molecular flexibility index (Phi) is 5.08. The Bertz CT molecular complexity index is 1040. The van der Waals surface area contributed by atoms with Gasteiger partial charge in [0.15, 0.2) is 5.13 Å². The van der Waals surface area contributed by atoms with Crippen molar-refractivity contribution >= 4 is 34.0 Å². The van der Waals surface area contributed by atoms with Crippen LogP contribution in [0.4, 0.5) is 10.8 Å². The van der Waals surface area contributed by atoms with Gasteiger partial charge < -0.3 is 10.1 Å². The van der Waals surface area contributed by atoms with Gasteiger partial charge in [-0.3, -0.25) is 14.9 Å². The van der Waals surface area contributed by atoms with Crippen LogP contribution in [0.3, 0.4) is 0 Å². The molecule has 2 aromatic carbocycles. The van der Waals surface area contributed by atoms with Gasteiger partial charge in [0.25, 0.3) is 5.91 Å². The van der Waals surface area contributed by atoms with Crippen LogP contribution in [0.15, 0.2) is 47.8 Å². The van der Waals surface area contributed by atoms with E-state index < -0.39 is 0 Å². The molecule has 2 N–H and O–H groups in total. The zero-order valence-electron chi connectivity index (χ0n) is 15.3. The molecule has 3 aromatic rings. The number of anilines is 2. The number of hydrogen-bond acceptors (Lipinski definition) is 5. The number of carbonyl (C=O) groups is 2. The first kappa shape index (κ1) is 18.2. The average molecular weight is 393 g/mol. The Hall–Kier alpha value is -3.19. The number of benzene rings is 2. The third-order valence-electron chi connectivity index (χ3n) is 4.44. The average Bonchev–Trinajstić information content (AvgIpc) is 3.36. The maximum atomic E-state index is 12.5. The number of aromatic nitrogens is 1. The highest BCUT2D eigenvalue weighted by Gasteiger charge is 2.15. The SMILES string of the molecule is CCC(=O)Nc1cccc(C(=O)Nc2nc(-c3ccc4c(c3)CCO4)cs2)c1. The normalized spacial score (nSPS) is 12.2. The number of amides is 2. The van der Waals surface area contributed by atoms with Gasteiger partial charge in [0.05, 0.1) is 12.3 Å². The summed E-state index contributed by atoms with van der Waals surface area (Å²) in [4.78, 5) is 28.6. The van der Waals surface area contributed by atoms with Crippen molar-refractivity contribution in [3.05, 3.63) is 59.0 Å². The van der Waals surface area contributed by atoms with Crippen LogP contribution >= 0.6 is 11.3 Å². The van der Waals surface area contributed by atoms with Gasteiger partial charge >= 0.3 is 0 Å². The minimum atomic E-state index is -0.268. The predicted octanol–water partition coefficient (Wildman–Crippen LogP) is 4.35. The summed E-state index contributed by atoms with van der Waals surface area (Å²) >= 11 is 1.38. The van der Waals surface area contributed by atoms with Crippen LogP contribution in [0.2, 0.25) is 0 Å². The number of rotatable bonds is 5. The lowest BCUT2D eigenvalue weighted by atomic mass is 10.1. The van der Waals surface area contributed by atoms with E-state index in [1.165, 1.54) is 16.9 Å². The highest BCUT2D eigenvalue weighted by molar-refractivity contribution is 7.14. The van der Waals surface area contributed by atoms with Gasteiger partial charge in [-0.25, -0.2) is 4.98 Å². The van der Waals surface area contributed by atoms with E-state index >= 15 is 0 Å². The lowest BCUT2D eigenvalue weighted by Gasteiger charge is -2.06. The molecule has 1 aromatic heterocycles. The second kappa shape index (κ2) is 7.82. The minimum absolute atomic E-state index is 0.0955. The number of thiazole rings is 1. The molecule has 1 aliphatic rings. The molecule has 0 saturated heterocycles. The van der Waals surface area contributed by atoms with E-state index in [2.05, 4.69) is 21.7 Å². The smallest absolute Gasteiger partial charge is 0.257 e. The van der Waals surface area contributed by atoms with E-state index in [1.54, 1.807) is 31.2 Å². The largest absolute Gasteiger partial charge is 0.493 e. The molecule has 4 rings (SSSR count). The van der Waals surface area contributed by atoms with Crippen LogP contribution in [0, 0.1) is 0 Å². The van der Waals surface area contributed by atoms with E-state index in [0.29, 0.717) is 22.8 Å². The van der Waals surface area contributed by atoms with Crippen LogP contribution < -0.4 is 15.4 Å². The molecule has 0 saturated carbocycles. The third-order valence-corrected chi connectivity index (χ3v) is 5.20. The summed E-state index contributed by atoms with van der Waals surface area (Å²) in [6, 6.07) is 12.9. The summed E-state index contributed by atoms with van der Waals surface area (Å²) in [6.07, 6.45) is 1.29. The first-order valence-corrected chi connectivity index (χ1v) is 9.93. The van der Waals surface area contributed by atoms with Crippen molar-refractivity contribution in [2.45, 2.75) is 19.8 Å². The fourth-order valence-corrected chi connectivity index (χ4v) is 3.68. The Morgan fingerprint density at radius 2 is 2.07 bits per heavy atom. The van der Waals surface area contributed by atoms with E-state index in [-0.39, 0.29) is 11.8 Å². The van der Waals surface area contributed by atoms with E-state index in [4.69, 9.17) is 4.74 Å². The van der Waals surface area contributed by atoms with Crippen molar-refractivity contribution in [1.29, 1.82) is 0 Å². The summed E-state index contributed by atoms with van der Waals surface area (Å²) < 4.78 is 5.54. The number of carbonyl (C=O) groups excluding carboxylic acids is 2. The zero-order chi connectivity index (χ0) is 19.5. The third kappa shape index (κ3) is 3.89. The Morgan fingerprint density at radius 3 is 2.93 bits per heavy atom. The van der Waals surface area contributed by atoms with Gasteiger partial charge in [0.1, 0.15) is 5.75 Å². The topological polar surface area (TPSA) is 80.3 Å². The van der Waals surface area contributed by atoms with Crippen LogP contribution in [-0.2, 0) is 11.2 Å². The molecule has 2 amide bonds. The monoisotopic (exact) mass is 393 g/mol. The molecule has 0 unspecified atom stereocenters. The molecule has 142 valence electrons. The van der Waals surface area contributed by atoms with Crippen molar-refractivity contribution in [2.24, 2.45) is 0 Å². The maximum absolute atomic E-state index is 12.5. The Labute approximate surface area is 166 Å². The fourth-order valence-electron chi connectivity index (χ4n) is 2.97. The quantitative estimate of drug-likeness (QED) is 0.675. The van der Waals surface area contributed by atoms with E-state index in [0.717, 1.165) is 30.0 Å². The van der Waals surface area contributed by atoms with Gasteiger partial charge in [-0.15, -0.1) is 11.3 Å². The second-order valence-corrected chi connectivity index (χ2v) is 7.25. The molecular formula is C21H19N3O3S. The molecule has 0 radical (unpaired) electrons.